The molecule has 0 aromatic heterocycles. The van der Waals surface area contributed by atoms with Crippen molar-refractivity contribution in [2.24, 2.45) is 5.73 Å². The molecule has 0 aliphatic carbocycles. The lowest BCUT2D eigenvalue weighted by Gasteiger charge is -2.48. The van der Waals surface area contributed by atoms with Gasteiger partial charge in [-0.2, -0.15) is 0 Å². The molecular formula is C13H16N2O5S. The second-order valence-corrected chi connectivity index (χ2v) is 5.66. The third-order valence-corrected chi connectivity index (χ3v) is 4.42. The number of nitrogens with two attached hydrogens (primary N) is 1. The highest BCUT2D eigenvalue weighted by molar-refractivity contribution is 8.00. The quantitative estimate of drug-likeness (QED) is 0.425. The first-order valence-corrected chi connectivity index (χ1v) is 7.36. The number of fused-ring (bicyclic) bond motifs is 1. The predicted octanol–water partition coefficient (Wildman–Crippen LogP) is -0.225. The highest BCUT2D eigenvalue weighted by atomic mass is 32.2. The lowest BCUT2D eigenvalue weighted by atomic mass is 10.0. The molecule has 0 aromatic carbocycles. The van der Waals surface area contributed by atoms with E-state index in [4.69, 9.17) is 15.2 Å². The van der Waals surface area contributed by atoms with Gasteiger partial charge >= 0.3 is 11.9 Å². The Morgan fingerprint density at radius 3 is 2.86 bits per heavy atom. The molecule has 0 unspecified atom stereocenters. The Balaban J connectivity index is 2.25. The SMILES string of the molecule is C=CCOC(=O)C1=C(COC(C)=O)CS[C@@H]2[C@H](N)C(=O)N12. The number of nitrogens with zero attached hydrogens (tertiary/aromatic N) is 1. The Bertz CT molecular complexity index is 531. The van der Waals surface area contributed by atoms with Crippen LogP contribution in [-0.4, -0.2) is 53.1 Å². The second-order valence-electron chi connectivity index (χ2n) is 4.56. The van der Waals surface area contributed by atoms with Gasteiger partial charge in [0, 0.05) is 18.2 Å². The summed E-state index contributed by atoms with van der Waals surface area (Å²) in [5.41, 5.74) is 6.39. The Morgan fingerprint density at radius 1 is 1.52 bits per heavy atom. The van der Waals surface area contributed by atoms with Crippen molar-refractivity contribution in [2.75, 3.05) is 19.0 Å². The Morgan fingerprint density at radius 2 is 2.24 bits per heavy atom. The number of hydrogen-bond donors (Lipinski definition) is 1. The number of ether oxygens (including phenoxy) is 2. The van der Waals surface area contributed by atoms with Crippen molar-refractivity contribution in [3.8, 4) is 0 Å². The van der Waals surface area contributed by atoms with Gasteiger partial charge in [0.2, 0.25) is 5.91 Å². The molecule has 1 saturated heterocycles. The van der Waals surface area contributed by atoms with E-state index in [2.05, 4.69) is 6.58 Å². The van der Waals surface area contributed by atoms with Crippen LogP contribution < -0.4 is 5.73 Å². The van der Waals surface area contributed by atoms with Crippen LogP contribution in [0.5, 0.6) is 0 Å². The molecule has 2 aliphatic rings. The molecule has 2 heterocycles. The van der Waals surface area contributed by atoms with Crippen molar-refractivity contribution in [1.82, 2.24) is 4.90 Å². The van der Waals surface area contributed by atoms with Crippen LogP contribution in [0.3, 0.4) is 0 Å². The van der Waals surface area contributed by atoms with Gasteiger partial charge in [0.05, 0.1) is 0 Å². The van der Waals surface area contributed by atoms with Gasteiger partial charge in [0.25, 0.3) is 0 Å². The molecular weight excluding hydrogens is 296 g/mol. The van der Waals surface area contributed by atoms with Crippen molar-refractivity contribution >= 4 is 29.6 Å². The number of amides is 1. The highest BCUT2D eigenvalue weighted by Gasteiger charge is 2.52. The van der Waals surface area contributed by atoms with Gasteiger partial charge in [0.1, 0.15) is 30.3 Å². The van der Waals surface area contributed by atoms with Crippen LogP contribution in [0.25, 0.3) is 0 Å². The molecule has 0 saturated carbocycles. The first kappa shape index (κ1) is 15.6. The van der Waals surface area contributed by atoms with E-state index in [-0.39, 0.29) is 30.2 Å². The number of thioether (sulfide) groups is 1. The maximum Gasteiger partial charge on any atom is 0.355 e. The number of β-lactam (4-membered cyclic amide) rings is 1. The normalized spacial score (nSPS) is 24.1. The zero-order valence-corrected chi connectivity index (χ0v) is 12.4. The molecule has 2 atom stereocenters. The summed E-state index contributed by atoms with van der Waals surface area (Å²) in [5, 5.41) is -0.273. The van der Waals surface area contributed by atoms with E-state index in [0.717, 1.165) is 0 Å². The first-order valence-electron chi connectivity index (χ1n) is 6.31. The predicted molar refractivity (Wildman–Crippen MR) is 75.9 cm³/mol. The minimum atomic E-state index is -0.636. The van der Waals surface area contributed by atoms with Crippen molar-refractivity contribution in [1.29, 1.82) is 0 Å². The molecule has 21 heavy (non-hydrogen) atoms. The van der Waals surface area contributed by atoms with Gasteiger partial charge in [-0.25, -0.2) is 4.79 Å². The summed E-state index contributed by atoms with van der Waals surface area (Å²) < 4.78 is 9.93. The van der Waals surface area contributed by atoms with Crippen LogP contribution in [0.4, 0.5) is 0 Å². The average Bonchev–Trinajstić information content (AvgIpc) is 2.48. The number of rotatable bonds is 5. The van der Waals surface area contributed by atoms with Gasteiger partial charge in [-0.05, 0) is 0 Å². The molecule has 2 rings (SSSR count). The third-order valence-electron chi connectivity index (χ3n) is 3.06. The fourth-order valence-corrected chi connectivity index (χ4v) is 3.35. The number of esters is 2. The van der Waals surface area contributed by atoms with E-state index in [9.17, 15) is 14.4 Å². The largest absolute Gasteiger partial charge is 0.461 e. The molecule has 114 valence electrons. The summed E-state index contributed by atoms with van der Waals surface area (Å²) in [4.78, 5) is 36.3. The van der Waals surface area contributed by atoms with Crippen LogP contribution in [0.2, 0.25) is 0 Å². The number of carbonyl (C=O) groups is 3. The van der Waals surface area contributed by atoms with Crippen LogP contribution in [0.1, 0.15) is 6.92 Å². The monoisotopic (exact) mass is 312 g/mol. The molecule has 0 aromatic rings. The van der Waals surface area contributed by atoms with Crippen LogP contribution in [-0.2, 0) is 23.9 Å². The standard InChI is InChI=1S/C13H16N2O5S/c1-3-4-19-13(18)10-8(5-20-7(2)16)6-21-12-9(14)11(17)15(10)12/h3,9,12H,1,4-6,14H2,2H3/t9-,12-/m1/s1. The van der Waals surface area contributed by atoms with Gasteiger partial charge in [0.15, 0.2) is 0 Å². The van der Waals surface area contributed by atoms with Crippen molar-refractivity contribution in [3.63, 3.8) is 0 Å². The summed E-state index contributed by atoms with van der Waals surface area (Å²) in [6.45, 7) is 4.73. The highest BCUT2D eigenvalue weighted by Crippen LogP contribution is 2.39. The lowest BCUT2D eigenvalue weighted by molar-refractivity contribution is -0.150. The van der Waals surface area contributed by atoms with E-state index in [1.165, 1.54) is 29.7 Å². The van der Waals surface area contributed by atoms with Crippen molar-refractivity contribution in [2.45, 2.75) is 18.3 Å². The summed E-state index contributed by atoms with van der Waals surface area (Å²) in [7, 11) is 0. The van der Waals surface area contributed by atoms with E-state index in [0.29, 0.717) is 11.3 Å². The van der Waals surface area contributed by atoms with Crippen molar-refractivity contribution < 1.29 is 23.9 Å². The van der Waals surface area contributed by atoms with E-state index >= 15 is 0 Å². The zero-order chi connectivity index (χ0) is 15.6. The molecule has 0 radical (unpaired) electrons. The molecule has 8 heteroatoms. The van der Waals surface area contributed by atoms with Gasteiger partial charge in [-0.1, -0.05) is 12.7 Å². The van der Waals surface area contributed by atoms with Crippen LogP contribution in [0, 0.1) is 0 Å². The number of hydrogen-bond acceptors (Lipinski definition) is 7. The van der Waals surface area contributed by atoms with Crippen molar-refractivity contribution in [3.05, 3.63) is 23.9 Å². The molecule has 0 spiro atoms. The van der Waals surface area contributed by atoms with Gasteiger partial charge in [-0.3, -0.25) is 14.5 Å². The number of carbonyl (C=O) groups excluding carboxylic acids is 3. The topological polar surface area (TPSA) is 98.9 Å². The fraction of sp³-hybridized carbons (Fsp3) is 0.462. The summed E-state index contributed by atoms with van der Waals surface area (Å²) in [6.07, 6.45) is 1.43. The first-order chi connectivity index (χ1) is 9.97. The minimum Gasteiger partial charge on any atom is -0.461 e. The minimum absolute atomic E-state index is 0.0368. The molecule has 2 aliphatic heterocycles. The molecule has 1 fully saturated rings. The lowest BCUT2D eigenvalue weighted by Crippen LogP contribution is -2.68. The molecule has 2 N–H and O–H groups in total. The van der Waals surface area contributed by atoms with E-state index in [1.807, 2.05) is 0 Å². The van der Waals surface area contributed by atoms with Crippen LogP contribution in [0.15, 0.2) is 23.9 Å². The van der Waals surface area contributed by atoms with Gasteiger partial charge < -0.3 is 15.2 Å². The average molecular weight is 312 g/mol. The third kappa shape index (κ3) is 2.96. The fourth-order valence-electron chi connectivity index (χ4n) is 2.07. The summed E-state index contributed by atoms with van der Waals surface area (Å²) in [6, 6.07) is -0.618. The van der Waals surface area contributed by atoms with Crippen LogP contribution >= 0.6 is 11.8 Å². The summed E-state index contributed by atoms with van der Waals surface area (Å²) in [5.74, 6) is -0.978. The zero-order valence-electron chi connectivity index (χ0n) is 11.5. The van der Waals surface area contributed by atoms with E-state index < -0.39 is 18.0 Å². The molecule has 0 bridgehead atoms. The Kier molecular flexibility index (Phi) is 4.69. The Hall–Kier alpha value is -1.80. The molecule has 7 nitrogen and oxygen atoms in total. The van der Waals surface area contributed by atoms with Gasteiger partial charge in [-0.15, -0.1) is 11.8 Å². The smallest absolute Gasteiger partial charge is 0.355 e. The molecule has 1 amide bonds. The van der Waals surface area contributed by atoms with E-state index in [1.54, 1.807) is 0 Å². The maximum atomic E-state index is 12.1. The Labute approximate surface area is 126 Å². The maximum absolute atomic E-state index is 12.1. The summed E-state index contributed by atoms with van der Waals surface area (Å²) >= 11 is 1.43. The second kappa shape index (κ2) is 6.31.